The van der Waals surface area contributed by atoms with Crippen LogP contribution in [0.2, 0.25) is 0 Å². The summed E-state index contributed by atoms with van der Waals surface area (Å²) >= 11 is 1.01. The highest BCUT2D eigenvalue weighted by Crippen LogP contribution is 2.33. The molecule has 2 aromatic heterocycles. The van der Waals surface area contributed by atoms with Crippen LogP contribution in [0.4, 0.5) is 5.00 Å². The molecule has 0 radical (unpaired) electrons. The van der Waals surface area contributed by atoms with Gasteiger partial charge in [-0.3, -0.25) is 4.79 Å². The maximum atomic E-state index is 12.2. The lowest BCUT2D eigenvalue weighted by Gasteiger charge is -1.98. The number of nitrogens with zero attached hydrogens (tertiary/aromatic N) is 1. The second kappa shape index (κ2) is 8.37. The molecular formula is C21H16N2O4S. The molecule has 2 heterocycles. The number of benzene rings is 1. The highest BCUT2D eigenvalue weighted by atomic mass is 32.1. The van der Waals surface area contributed by atoms with Gasteiger partial charge < -0.3 is 14.5 Å². The van der Waals surface area contributed by atoms with Gasteiger partial charge in [-0.1, -0.05) is 30.3 Å². The zero-order chi connectivity index (χ0) is 20.1. The van der Waals surface area contributed by atoms with Gasteiger partial charge in [0.15, 0.2) is 0 Å². The third kappa shape index (κ3) is 4.03. The fraction of sp³-hybridized carbons (Fsp3) is 0.0952. The van der Waals surface area contributed by atoms with E-state index in [1.54, 1.807) is 13.0 Å². The van der Waals surface area contributed by atoms with E-state index in [-0.39, 0.29) is 10.4 Å². The summed E-state index contributed by atoms with van der Waals surface area (Å²) in [5.41, 5.74) is 1.67. The van der Waals surface area contributed by atoms with Gasteiger partial charge in [-0.15, -0.1) is 11.3 Å². The summed E-state index contributed by atoms with van der Waals surface area (Å²) < 4.78 is 10.4. The molecule has 1 amide bonds. The molecule has 6 nitrogen and oxygen atoms in total. The molecular weight excluding hydrogens is 376 g/mol. The van der Waals surface area contributed by atoms with E-state index in [1.165, 1.54) is 19.3 Å². The molecule has 0 bridgehead atoms. The van der Waals surface area contributed by atoms with Gasteiger partial charge in [0.25, 0.3) is 0 Å². The molecule has 0 aliphatic rings. The number of ether oxygens (including phenoxy) is 1. The van der Waals surface area contributed by atoms with E-state index in [9.17, 15) is 14.9 Å². The third-order valence-corrected chi connectivity index (χ3v) is 5.14. The van der Waals surface area contributed by atoms with Crippen molar-refractivity contribution >= 4 is 34.3 Å². The Kier molecular flexibility index (Phi) is 5.72. The van der Waals surface area contributed by atoms with E-state index in [0.29, 0.717) is 22.1 Å². The van der Waals surface area contributed by atoms with Crippen LogP contribution in [0, 0.1) is 18.3 Å². The molecule has 3 rings (SSSR count). The number of hydrogen-bond acceptors (Lipinski definition) is 6. The highest BCUT2D eigenvalue weighted by Gasteiger charge is 2.21. The smallest absolute Gasteiger partial charge is 0.348 e. The van der Waals surface area contributed by atoms with Gasteiger partial charge in [0, 0.05) is 11.6 Å². The molecule has 0 aliphatic carbocycles. The van der Waals surface area contributed by atoms with Crippen molar-refractivity contribution in [3.8, 4) is 17.4 Å². The lowest BCUT2D eigenvalue weighted by molar-refractivity contribution is -0.111. The van der Waals surface area contributed by atoms with Crippen LogP contribution < -0.4 is 5.32 Å². The second-order valence-corrected chi connectivity index (χ2v) is 6.77. The van der Waals surface area contributed by atoms with Crippen LogP contribution in [0.25, 0.3) is 17.4 Å². The van der Waals surface area contributed by atoms with Crippen LogP contribution in [0.5, 0.6) is 0 Å². The van der Waals surface area contributed by atoms with Crippen molar-refractivity contribution in [1.29, 1.82) is 5.26 Å². The Labute approximate surface area is 165 Å². The number of furan rings is 1. The monoisotopic (exact) mass is 392 g/mol. The van der Waals surface area contributed by atoms with Gasteiger partial charge in [-0.2, -0.15) is 5.26 Å². The average Bonchev–Trinajstić information content (AvgIpc) is 3.31. The lowest BCUT2D eigenvalue weighted by atomic mass is 10.2. The molecule has 0 saturated carbocycles. The molecule has 0 saturated heterocycles. The fourth-order valence-corrected chi connectivity index (χ4v) is 3.61. The minimum atomic E-state index is -0.543. The Morgan fingerprint density at radius 1 is 1.21 bits per heavy atom. The minimum Gasteiger partial charge on any atom is -0.465 e. The number of anilines is 1. The van der Waals surface area contributed by atoms with E-state index in [1.807, 2.05) is 42.5 Å². The van der Waals surface area contributed by atoms with Crippen molar-refractivity contribution in [3.05, 3.63) is 70.3 Å². The van der Waals surface area contributed by atoms with E-state index in [2.05, 4.69) is 5.32 Å². The molecule has 1 N–H and O–H groups in total. The number of methoxy groups -OCH3 is 1. The van der Waals surface area contributed by atoms with Gasteiger partial charge >= 0.3 is 5.97 Å². The summed E-state index contributed by atoms with van der Waals surface area (Å²) in [5.74, 6) is 0.238. The molecule has 0 fully saturated rings. The van der Waals surface area contributed by atoms with E-state index in [0.717, 1.165) is 16.9 Å². The zero-order valence-corrected chi connectivity index (χ0v) is 16.0. The van der Waals surface area contributed by atoms with Crippen LogP contribution in [0.3, 0.4) is 0 Å². The summed E-state index contributed by atoms with van der Waals surface area (Å²) in [4.78, 5) is 24.3. The van der Waals surface area contributed by atoms with Crippen molar-refractivity contribution in [2.24, 2.45) is 0 Å². The number of amides is 1. The number of carbonyl (C=O) groups is 2. The SMILES string of the molecule is COC(=O)c1sc(NC(=O)/C=C/c2ccc(-c3ccccc3)o2)c(C#N)c1C. The first-order chi connectivity index (χ1) is 13.5. The lowest BCUT2D eigenvalue weighted by Crippen LogP contribution is -2.07. The molecule has 0 aliphatic heterocycles. The predicted molar refractivity (Wildman–Crippen MR) is 107 cm³/mol. The van der Waals surface area contributed by atoms with Crippen molar-refractivity contribution in [1.82, 2.24) is 0 Å². The van der Waals surface area contributed by atoms with Gasteiger partial charge in [0.05, 0.1) is 12.7 Å². The molecule has 28 heavy (non-hydrogen) atoms. The van der Waals surface area contributed by atoms with Gasteiger partial charge in [-0.05, 0) is 30.7 Å². The number of rotatable bonds is 5. The molecule has 0 spiro atoms. The van der Waals surface area contributed by atoms with Crippen LogP contribution >= 0.6 is 11.3 Å². The summed E-state index contributed by atoms with van der Waals surface area (Å²) in [7, 11) is 1.27. The zero-order valence-electron chi connectivity index (χ0n) is 15.2. The van der Waals surface area contributed by atoms with Gasteiger partial charge in [0.1, 0.15) is 27.5 Å². The Balaban J connectivity index is 1.74. The Morgan fingerprint density at radius 2 is 1.96 bits per heavy atom. The Hall–Kier alpha value is -3.63. The molecule has 140 valence electrons. The Morgan fingerprint density at radius 3 is 2.64 bits per heavy atom. The van der Waals surface area contributed by atoms with E-state index >= 15 is 0 Å². The molecule has 3 aromatic rings. The first-order valence-electron chi connectivity index (χ1n) is 8.29. The number of nitriles is 1. The quantitative estimate of drug-likeness (QED) is 0.505. The van der Waals surface area contributed by atoms with Crippen LogP contribution in [-0.4, -0.2) is 19.0 Å². The molecule has 0 unspecified atom stereocenters. The molecule has 1 aromatic carbocycles. The number of nitrogens with one attached hydrogen (secondary N) is 1. The number of hydrogen-bond donors (Lipinski definition) is 1. The molecule has 0 atom stereocenters. The maximum absolute atomic E-state index is 12.2. The van der Waals surface area contributed by atoms with Gasteiger partial charge in [-0.25, -0.2) is 4.79 Å². The van der Waals surface area contributed by atoms with Crippen LogP contribution in [-0.2, 0) is 9.53 Å². The standard InChI is InChI=1S/C21H16N2O4S/c1-13-16(12-22)20(28-19(13)21(25)26-2)23-18(24)11-9-15-8-10-17(27-15)14-6-4-3-5-7-14/h3-11H,1-2H3,(H,23,24)/b11-9+. The minimum absolute atomic E-state index is 0.247. The fourth-order valence-electron chi connectivity index (χ4n) is 2.53. The van der Waals surface area contributed by atoms with Crippen molar-refractivity contribution in [2.45, 2.75) is 6.92 Å². The van der Waals surface area contributed by atoms with Gasteiger partial charge in [0.2, 0.25) is 5.91 Å². The predicted octanol–water partition coefficient (Wildman–Crippen LogP) is 4.63. The topological polar surface area (TPSA) is 92.3 Å². The normalized spacial score (nSPS) is 10.6. The molecule has 7 heteroatoms. The summed E-state index contributed by atoms with van der Waals surface area (Å²) in [6, 6.07) is 15.2. The maximum Gasteiger partial charge on any atom is 0.348 e. The first kappa shape index (κ1) is 19.1. The van der Waals surface area contributed by atoms with Crippen LogP contribution in [0.15, 0.2) is 53.0 Å². The number of thiophene rings is 1. The third-order valence-electron chi connectivity index (χ3n) is 3.95. The van der Waals surface area contributed by atoms with E-state index in [4.69, 9.17) is 9.15 Å². The Bertz CT molecular complexity index is 1090. The van der Waals surface area contributed by atoms with Crippen LogP contribution in [0.1, 0.15) is 26.6 Å². The van der Waals surface area contributed by atoms with Crippen molar-refractivity contribution in [3.63, 3.8) is 0 Å². The highest BCUT2D eigenvalue weighted by molar-refractivity contribution is 7.18. The summed E-state index contributed by atoms with van der Waals surface area (Å²) in [6.07, 6.45) is 2.84. The number of esters is 1. The summed E-state index contributed by atoms with van der Waals surface area (Å²) in [5, 5.41) is 12.3. The van der Waals surface area contributed by atoms with E-state index < -0.39 is 11.9 Å². The average molecular weight is 392 g/mol. The van der Waals surface area contributed by atoms with Crippen molar-refractivity contribution < 1.29 is 18.7 Å². The number of carbonyl (C=O) groups excluding carboxylic acids is 2. The largest absolute Gasteiger partial charge is 0.465 e. The van der Waals surface area contributed by atoms with Crippen molar-refractivity contribution in [2.75, 3.05) is 12.4 Å². The summed E-state index contributed by atoms with van der Waals surface area (Å²) in [6.45, 7) is 1.64. The first-order valence-corrected chi connectivity index (χ1v) is 9.11. The second-order valence-electron chi connectivity index (χ2n) is 5.75.